The summed E-state index contributed by atoms with van der Waals surface area (Å²) in [5.74, 6) is 1.31. The highest BCUT2D eigenvalue weighted by molar-refractivity contribution is 9.10. The van der Waals surface area contributed by atoms with Crippen LogP contribution in [-0.2, 0) is 20.2 Å². The monoisotopic (exact) mass is 530 g/mol. The highest BCUT2D eigenvalue weighted by Crippen LogP contribution is 2.51. The number of anilines is 1. The van der Waals surface area contributed by atoms with E-state index in [0.29, 0.717) is 30.0 Å². The Bertz CT molecular complexity index is 1360. The molecular weight excluding hydrogens is 508 g/mol. The third-order valence-electron chi connectivity index (χ3n) is 6.14. The van der Waals surface area contributed by atoms with Crippen molar-refractivity contribution in [1.82, 2.24) is 5.32 Å². The number of furan rings is 1. The summed E-state index contributed by atoms with van der Waals surface area (Å²) >= 11 is 3.64. The SMILES string of the molecule is Cc1ccc(C(NC(=O)C2(c3ccc4c(c3)OCS(=O)(=O)N4)CC2)c2ccc(C)o2)c(Br)c1. The number of hydrogen-bond acceptors (Lipinski definition) is 5. The van der Waals surface area contributed by atoms with E-state index in [-0.39, 0.29) is 5.91 Å². The van der Waals surface area contributed by atoms with E-state index in [2.05, 4.69) is 26.0 Å². The fourth-order valence-electron chi connectivity index (χ4n) is 4.18. The molecule has 1 aliphatic heterocycles. The van der Waals surface area contributed by atoms with Crippen LogP contribution in [0.4, 0.5) is 5.69 Å². The Kier molecular flexibility index (Phi) is 5.29. The number of fused-ring (bicyclic) bond motifs is 1. The Balaban J connectivity index is 1.46. The van der Waals surface area contributed by atoms with Crippen LogP contribution < -0.4 is 14.8 Å². The van der Waals surface area contributed by atoms with Gasteiger partial charge in [-0.2, -0.15) is 0 Å². The van der Waals surface area contributed by atoms with Gasteiger partial charge < -0.3 is 14.5 Å². The lowest BCUT2D eigenvalue weighted by Crippen LogP contribution is -2.38. The molecule has 2 aromatic carbocycles. The maximum Gasteiger partial charge on any atom is 0.268 e. The number of carbonyl (C=O) groups excluding carboxylic acids is 1. The molecule has 3 aromatic rings. The number of benzene rings is 2. The van der Waals surface area contributed by atoms with Crippen LogP contribution in [0.3, 0.4) is 0 Å². The molecule has 0 radical (unpaired) electrons. The number of ether oxygens (including phenoxy) is 1. The van der Waals surface area contributed by atoms with E-state index < -0.39 is 27.4 Å². The molecule has 1 fully saturated rings. The van der Waals surface area contributed by atoms with E-state index in [1.165, 1.54) is 0 Å². The number of sulfonamides is 1. The molecule has 1 saturated carbocycles. The number of rotatable bonds is 5. The zero-order valence-corrected chi connectivity index (χ0v) is 20.5. The van der Waals surface area contributed by atoms with Crippen molar-refractivity contribution in [3.05, 3.63) is 81.2 Å². The molecule has 2 N–H and O–H groups in total. The number of aryl methyl sites for hydroxylation is 2. The molecule has 0 bridgehead atoms. The smallest absolute Gasteiger partial charge is 0.268 e. The van der Waals surface area contributed by atoms with Crippen molar-refractivity contribution >= 4 is 37.5 Å². The average Bonchev–Trinajstić information content (AvgIpc) is 3.46. The lowest BCUT2D eigenvalue weighted by atomic mass is 9.93. The fraction of sp³-hybridized carbons (Fsp3) is 0.292. The summed E-state index contributed by atoms with van der Waals surface area (Å²) in [5, 5.41) is 3.20. The molecule has 5 rings (SSSR count). The molecule has 1 unspecified atom stereocenters. The summed E-state index contributed by atoms with van der Waals surface area (Å²) < 4.78 is 38.2. The van der Waals surface area contributed by atoms with E-state index in [4.69, 9.17) is 9.15 Å². The van der Waals surface area contributed by atoms with Crippen molar-refractivity contribution in [2.45, 2.75) is 38.1 Å². The average molecular weight is 531 g/mol. The normalized spacial score (nSPS) is 18.4. The quantitative estimate of drug-likeness (QED) is 0.498. The van der Waals surface area contributed by atoms with Gasteiger partial charge in [-0.05, 0) is 73.7 Å². The minimum Gasteiger partial charge on any atom is -0.474 e. The predicted octanol–water partition coefficient (Wildman–Crippen LogP) is 4.69. The molecule has 0 saturated heterocycles. The second kappa shape index (κ2) is 7.92. The van der Waals surface area contributed by atoms with Gasteiger partial charge in [-0.15, -0.1) is 0 Å². The van der Waals surface area contributed by atoms with Crippen molar-refractivity contribution in [2.75, 3.05) is 10.7 Å². The Morgan fingerprint density at radius 1 is 1.12 bits per heavy atom. The number of hydrogen-bond donors (Lipinski definition) is 2. The van der Waals surface area contributed by atoms with E-state index in [9.17, 15) is 13.2 Å². The number of carbonyl (C=O) groups is 1. The Labute approximate surface area is 200 Å². The highest BCUT2D eigenvalue weighted by atomic mass is 79.9. The molecule has 1 aliphatic carbocycles. The molecule has 2 aliphatic rings. The molecule has 7 nitrogen and oxygen atoms in total. The first kappa shape index (κ1) is 22.0. The first-order valence-corrected chi connectivity index (χ1v) is 13.0. The lowest BCUT2D eigenvalue weighted by molar-refractivity contribution is -0.124. The Morgan fingerprint density at radius 2 is 1.91 bits per heavy atom. The van der Waals surface area contributed by atoms with Gasteiger partial charge in [0.2, 0.25) is 11.8 Å². The summed E-state index contributed by atoms with van der Waals surface area (Å²) in [5.41, 5.74) is 2.51. The topological polar surface area (TPSA) is 97.6 Å². The van der Waals surface area contributed by atoms with E-state index in [0.717, 1.165) is 26.9 Å². The number of amides is 1. The van der Waals surface area contributed by atoms with Crippen LogP contribution in [0.2, 0.25) is 0 Å². The Morgan fingerprint density at radius 3 is 2.58 bits per heavy atom. The van der Waals surface area contributed by atoms with Crippen LogP contribution >= 0.6 is 15.9 Å². The van der Waals surface area contributed by atoms with Crippen molar-refractivity contribution < 1.29 is 22.4 Å². The summed E-state index contributed by atoms with van der Waals surface area (Å²) in [6.45, 7) is 3.88. The zero-order valence-electron chi connectivity index (χ0n) is 18.1. The van der Waals surface area contributed by atoms with Gasteiger partial charge in [0, 0.05) is 4.47 Å². The van der Waals surface area contributed by atoms with Crippen LogP contribution in [0.5, 0.6) is 5.75 Å². The van der Waals surface area contributed by atoms with E-state index in [1.54, 1.807) is 18.2 Å². The van der Waals surface area contributed by atoms with Crippen LogP contribution in [0.25, 0.3) is 0 Å². The maximum absolute atomic E-state index is 13.6. The zero-order chi connectivity index (χ0) is 23.4. The van der Waals surface area contributed by atoms with Crippen LogP contribution in [0.1, 0.15) is 47.1 Å². The summed E-state index contributed by atoms with van der Waals surface area (Å²) in [4.78, 5) is 13.6. The molecule has 1 aromatic heterocycles. The summed E-state index contributed by atoms with van der Waals surface area (Å²) in [6.07, 6.45) is 1.39. The number of nitrogens with one attached hydrogen (secondary N) is 2. The van der Waals surface area contributed by atoms with Gasteiger partial charge in [-0.25, -0.2) is 8.42 Å². The van der Waals surface area contributed by atoms with Crippen molar-refractivity contribution in [2.24, 2.45) is 0 Å². The third kappa shape index (κ3) is 4.15. The molecule has 33 heavy (non-hydrogen) atoms. The number of halogens is 1. The highest BCUT2D eigenvalue weighted by Gasteiger charge is 2.52. The molecule has 9 heteroatoms. The molecule has 2 heterocycles. The van der Waals surface area contributed by atoms with Gasteiger partial charge in [0.25, 0.3) is 10.0 Å². The fourth-order valence-corrected chi connectivity index (χ4v) is 5.75. The third-order valence-corrected chi connectivity index (χ3v) is 7.79. The van der Waals surface area contributed by atoms with Crippen LogP contribution in [-0.4, -0.2) is 20.3 Å². The first-order chi connectivity index (χ1) is 15.7. The van der Waals surface area contributed by atoms with E-state index >= 15 is 0 Å². The van der Waals surface area contributed by atoms with Crippen LogP contribution in [0, 0.1) is 13.8 Å². The standard InChI is InChI=1S/C24H23BrN2O5S/c1-14-3-6-17(18(25)11-14)22(20-8-4-15(2)32-20)26-23(28)24(9-10-24)16-5-7-19-21(12-16)31-13-33(29,30)27-19/h3-8,11-12,22,27H,9-10,13H2,1-2H3,(H,26,28). The van der Waals surface area contributed by atoms with E-state index in [1.807, 2.05) is 44.2 Å². The Hall–Kier alpha value is -2.78. The van der Waals surface area contributed by atoms with Gasteiger partial charge in [-0.1, -0.05) is 34.1 Å². The van der Waals surface area contributed by atoms with Gasteiger partial charge in [-0.3, -0.25) is 9.52 Å². The maximum atomic E-state index is 13.6. The van der Waals surface area contributed by atoms with Gasteiger partial charge in [0.1, 0.15) is 23.3 Å². The molecule has 1 atom stereocenters. The van der Waals surface area contributed by atoms with Gasteiger partial charge in [0.05, 0.1) is 11.1 Å². The minimum absolute atomic E-state index is 0.106. The minimum atomic E-state index is -3.49. The molecule has 0 spiro atoms. The molecule has 172 valence electrons. The first-order valence-electron chi connectivity index (χ1n) is 10.6. The lowest BCUT2D eigenvalue weighted by Gasteiger charge is -2.25. The molecule has 1 amide bonds. The van der Waals surface area contributed by atoms with Crippen molar-refractivity contribution in [3.8, 4) is 5.75 Å². The second-order valence-corrected chi connectivity index (χ2v) is 11.2. The van der Waals surface area contributed by atoms with Gasteiger partial charge in [0.15, 0.2) is 0 Å². The largest absolute Gasteiger partial charge is 0.474 e. The predicted molar refractivity (Wildman–Crippen MR) is 128 cm³/mol. The second-order valence-electron chi connectivity index (χ2n) is 8.65. The summed E-state index contributed by atoms with van der Waals surface area (Å²) in [7, 11) is -3.49. The van der Waals surface area contributed by atoms with Gasteiger partial charge >= 0.3 is 0 Å². The van der Waals surface area contributed by atoms with Crippen molar-refractivity contribution in [1.29, 1.82) is 0 Å². The van der Waals surface area contributed by atoms with Crippen LogP contribution in [0.15, 0.2) is 57.4 Å². The summed E-state index contributed by atoms with van der Waals surface area (Å²) in [6, 6.07) is 14.5. The molecular formula is C24H23BrN2O5S. The van der Waals surface area contributed by atoms with Crippen molar-refractivity contribution in [3.63, 3.8) is 0 Å².